The molecule has 1 atom stereocenters. The van der Waals surface area contributed by atoms with E-state index in [1.54, 1.807) is 30.3 Å². The van der Waals surface area contributed by atoms with Gasteiger partial charge in [-0.25, -0.2) is 0 Å². The molecular formula is C29H24N2O6. The van der Waals surface area contributed by atoms with Gasteiger partial charge in [0.05, 0.1) is 11.6 Å². The van der Waals surface area contributed by atoms with Gasteiger partial charge >= 0.3 is 0 Å². The number of para-hydroxylation sites is 2. The molecule has 0 unspecified atom stereocenters. The average molecular weight is 497 g/mol. The fourth-order valence-electron chi connectivity index (χ4n) is 4.86. The van der Waals surface area contributed by atoms with Gasteiger partial charge in [-0.05, 0) is 35.7 Å². The highest BCUT2D eigenvalue weighted by Gasteiger charge is 2.28. The number of carbonyl (C=O) groups is 1. The molecule has 2 aromatic heterocycles. The van der Waals surface area contributed by atoms with Crippen LogP contribution in [0.4, 0.5) is 0 Å². The molecule has 3 heterocycles. The van der Waals surface area contributed by atoms with Crippen molar-refractivity contribution in [3.8, 4) is 17.2 Å². The van der Waals surface area contributed by atoms with E-state index in [-0.39, 0.29) is 35.9 Å². The molecule has 0 radical (unpaired) electrons. The second-order valence-electron chi connectivity index (χ2n) is 8.96. The van der Waals surface area contributed by atoms with Gasteiger partial charge in [-0.15, -0.1) is 0 Å². The lowest BCUT2D eigenvalue weighted by molar-refractivity contribution is -0.121. The molecule has 0 saturated heterocycles. The van der Waals surface area contributed by atoms with E-state index in [0.717, 1.165) is 10.9 Å². The Morgan fingerprint density at radius 1 is 1.00 bits per heavy atom. The SMILES string of the molecule is O=C(C[C@H](c1cc2c(cc1O)OCO2)c1coc2ccccc2c1=O)NCCn1ccc2ccccc21. The number of nitrogens with one attached hydrogen (secondary N) is 1. The maximum Gasteiger partial charge on any atom is 0.231 e. The van der Waals surface area contributed by atoms with Crippen molar-refractivity contribution in [3.63, 3.8) is 0 Å². The molecule has 0 fully saturated rings. The van der Waals surface area contributed by atoms with Crippen LogP contribution < -0.4 is 20.2 Å². The summed E-state index contributed by atoms with van der Waals surface area (Å²) in [4.78, 5) is 26.6. The Labute approximate surface area is 211 Å². The summed E-state index contributed by atoms with van der Waals surface area (Å²) in [5.74, 6) is -0.251. The summed E-state index contributed by atoms with van der Waals surface area (Å²) in [6.07, 6.45) is 3.30. The maximum absolute atomic E-state index is 13.4. The van der Waals surface area contributed by atoms with Gasteiger partial charge in [0.25, 0.3) is 0 Å². The normalized spacial score (nSPS) is 13.2. The molecule has 0 saturated carbocycles. The van der Waals surface area contributed by atoms with Crippen molar-refractivity contribution in [3.05, 3.63) is 101 Å². The first kappa shape index (κ1) is 22.7. The summed E-state index contributed by atoms with van der Waals surface area (Å²) >= 11 is 0. The number of carbonyl (C=O) groups excluding carboxylic acids is 1. The predicted octanol–water partition coefficient (Wildman–Crippen LogP) is 4.52. The number of hydrogen-bond donors (Lipinski definition) is 2. The Hall–Kier alpha value is -4.72. The smallest absolute Gasteiger partial charge is 0.231 e. The molecular weight excluding hydrogens is 472 g/mol. The molecule has 0 spiro atoms. The standard InChI is InChI=1S/C29H24N2O6/c32-24-15-27-26(36-17-37-27)13-21(24)20(22-16-35-25-8-4-2-6-19(25)29(22)34)14-28(33)30-10-12-31-11-9-18-5-1-3-7-23(18)31/h1-9,11,13,15-16,20,32H,10,12,14,17H2,(H,30,33)/t20-/m1/s1. The molecule has 8 nitrogen and oxygen atoms in total. The number of benzene rings is 3. The van der Waals surface area contributed by atoms with E-state index in [1.165, 1.54) is 12.3 Å². The average Bonchev–Trinajstić information content (AvgIpc) is 3.54. The Morgan fingerprint density at radius 2 is 1.78 bits per heavy atom. The van der Waals surface area contributed by atoms with Gasteiger partial charge in [0.15, 0.2) is 16.9 Å². The van der Waals surface area contributed by atoms with Crippen molar-refractivity contribution < 1.29 is 23.8 Å². The lowest BCUT2D eigenvalue weighted by atomic mass is 9.87. The number of ether oxygens (including phenoxy) is 2. The lowest BCUT2D eigenvalue weighted by Gasteiger charge is -2.19. The van der Waals surface area contributed by atoms with Crippen molar-refractivity contribution in [2.75, 3.05) is 13.3 Å². The quantitative estimate of drug-likeness (QED) is 0.344. The zero-order chi connectivity index (χ0) is 25.4. The monoisotopic (exact) mass is 496 g/mol. The van der Waals surface area contributed by atoms with E-state index >= 15 is 0 Å². The van der Waals surface area contributed by atoms with Gasteiger partial charge < -0.3 is 28.9 Å². The molecule has 0 bridgehead atoms. The molecule has 37 heavy (non-hydrogen) atoms. The summed E-state index contributed by atoms with van der Waals surface area (Å²) < 4.78 is 18.7. The fourth-order valence-corrected chi connectivity index (χ4v) is 4.86. The third kappa shape index (κ3) is 4.27. The number of fused-ring (bicyclic) bond motifs is 3. The van der Waals surface area contributed by atoms with Crippen LogP contribution in [0, 0.1) is 0 Å². The molecule has 5 aromatic rings. The highest BCUT2D eigenvalue weighted by Crippen LogP contribution is 2.42. The van der Waals surface area contributed by atoms with Crippen LogP contribution in [0.15, 0.2) is 88.4 Å². The minimum atomic E-state index is -0.761. The van der Waals surface area contributed by atoms with Gasteiger partial charge in [-0.3, -0.25) is 9.59 Å². The van der Waals surface area contributed by atoms with Gasteiger partial charge in [0.1, 0.15) is 11.3 Å². The van der Waals surface area contributed by atoms with E-state index in [2.05, 4.69) is 9.88 Å². The van der Waals surface area contributed by atoms with E-state index in [4.69, 9.17) is 13.9 Å². The van der Waals surface area contributed by atoms with Crippen molar-refractivity contribution >= 4 is 27.8 Å². The summed E-state index contributed by atoms with van der Waals surface area (Å²) in [6.45, 7) is 1.04. The molecule has 6 rings (SSSR count). The van der Waals surface area contributed by atoms with Crippen molar-refractivity contribution in [2.24, 2.45) is 0 Å². The fraction of sp³-hybridized carbons (Fsp3) is 0.172. The van der Waals surface area contributed by atoms with Crippen molar-refractivity contribution in [1.82, 2.24) is 9.88 Å². The van der Waals surface area contributed by atoms with Crippen LogP contribution in [0.2, 0.25) is 0 Å². The number of aromatic hydroxyl groups is 1. The largest absolute Gasteiger partial charge is 0.508 e. The zero-order valence-electron chi connectivity index (χ0n) is 19.8. The second-order valence-corrected chi connectivity index (χ2v) is 8.96. The Kier molecular flexibility index (Phi) is 5.76. The van der Waals surface area contributed by atoms with Crippen LogP contribution in [0.1, 0.15) is 23.5 Å². The second kappa shape index (κ2) is 9.39. The Morgan fingerprint density at radius 3 is 2.68 bits per heavy atom. The maximum atomic E-state index is 13.4. The molecule has 1 aliphatic rings. The molecule has 0 aliphatic carbocycles. The Balaban J connectivity index is 1.29. The van der Waals surface area contributed by atoms with Gasteiger partial charge in [0.2, 0.25) is 12.7 Å². The van der Waals surface area contributed by atoms with E-state index < -0.39 is 5.92 Å². The first-order valence-corrected chi connectivity index (χ1v) is 12.0. The number of aromatic nitrogens is 1. The first-order chi connectivity index (χ1) is 18.1. The summed E-state index contributed by atoms with van der Waals surface area (Å²) in [7, 11) is 0. The highest BCUT2D eigenvalue weighted by molar-refractivity contribution is 5.81. The van der Waals surface area contributed by atoms with Crippen LogP contribution in [-0.4, -0.2) is 28.9 Å². The zero-order valence-corrected chi connectivity index (χ0v) is 19.8. The molecule has 8 heteroatoms. The number of hydrogen-bond acceptors (Lipinski definition) is 6. The van der Waals surface area contributed by atoms with Gasteiger partial charge in [0, 0.05) is 54.3 Å². The first-order valence-electron chi connectivity index (χ1n) is 12.0. The highest BCUT2D eigenvalue weighted by atomic mass is 16.7. The van der Waals surface area contributed by atoms with Crippen LogP contribution in [0.25, 0.3) is 21.9 Å². The lowest BCUT2D eigenvalue weighted by Crippen LogP contribution is -2.29. The molecule has 1 amide bonds. The third-order valence-corrected chi connectivity index (χ3v) is 6.72. The number of phenols is 1. The van der Waals surface area contributed by atoms with Crippen LogP contribution >= 0.6 is 0 Å². The Bertz CT molecular complexity index is 1690. The van der Waals surface area contributed by atoms with Crippen molar-refractivity contribution in [2.45, 2.75) is 18.9 Å². The van der Waals surface area contributed by atoms with Crippen LogP contribution in [0.3, 0.4) is 0 Å². The summed E-state index contributed by atoms with van der Waals surface area (Å²) in [5, 5.41) is 15.3. The predicted molar refractivity (Wildman–Crippen MR) is 138 cm³/mol. The van der Waals surface area contributed by atoms with Gasteiger partial charge in [-0.2, -0.15) is 0 Å². The van der Waals surface area contributed by atoms with Crippen LogP contribution in [0.5, 0.6) is 17.2 Å². The summed E-state index contributed by atoms with van der Waals surface area (Å²) in [5.41, 5.74) is 1.95. The molecule has 1 aliphatic heterocycles. The third-order valence-electron chi connectivity index (χ3n) is 6.72. The number of phenolic OH excluding ortho intramolecular Hbond substituents is 1. The van der Waals surface area contributed by atoms with Crippen LogP contribution in [-0.2, 0) is 11.3 Å². The minimum absolute atomic E-state index is 0.0373. The van der Waals surface area contributed by atoms with Crippen molar-refractivity contribution in [1.29, 1.82) is 0 Å². The molecule has 2 N–H and O–H groups in total. The summed E-state index contributed by atoms with van der Waals surface area (Å²) in [6, 6.07) is 20.1. The number of nitrogens with zero attached hydrogens (tertiary/aromatic N) is 1. The molecule has 3 aromatic carbocycles. The number of rotatable bonds is 7. The van der Waals surface area contributed by atoms with E-state index in [0.29, 0.717) is 41.1 Å². The minimum Gasteiger partial charge on any atom is -0.508 e. The molecule has 186 valence electrons. The van der Waals surface area contributed by atoms with E-state index in [1.807, 2.05) is 36.5 Å². The van der Waals surface area contributed by atoms with E-state index in [9.17, 15) is 14.7 Å². The number of amides is 1. The topological polar surface area (TPSA) is 103 Å². The van der Waals surface area contributed by atoms with Gasteiger partial charge in [-0.1, -0.05) is 30.3 Å².